The van der Waals surface area contributed by atoms with Gasteiger partial charge in [-0.05, 0) is 18.9 Å². The zero-order valence-electron chi connectivity index (χ0n) is 19.5. The molecular weight excluding hydrogens is 458 g/mol. The average Bonchev–Trinajstić information content (AvgIpc) is 3.64. The molecule has 1 aromatic heterocycles. The summed E-state index contributed by atoms with van der Waals surface area (Å²) in [6.45, 7) is 4.05. The second kappa shape index (κ2) is 8.67. The van der Waals surface area contributed by atoms with Crippen molar-refractivity contribution >= 4 is 28.4 Å². The summed E-state index contributed by atoms with van der Waals surface area (Å²) in [5, 5.41) is 0.404. The molecule has 186 valence electrons. The molecule has 4 fully saturated rings. The molecule has 0 unspecified atom stereocenters. The molecule has 0 atom stereocenters. The van der Waals surface area contributed by atoms with Gasteiger partial charge in [0.05, 0.1) is 30.0 Å². The number of ether oxygens (including phenoxy) is 2. The van der Waals surface area contributed by atoms with E-state index in [4.69, 9.17) is 9.47 Å². The number of rotatable bonds is 3. The van der Waals surface area contributed by atoms with E-state index in [0.29, 0.717) is 87.5 Å². The van der Waals surface area contributed by atoms with Crippen molar-refractivity contribution in [2.24, 2.45) is 5.92 Å². The molecule has 3 saturated heterocycles. The molecule has 6 rings (SSSR count). The van der Waals surface area contributed by atoms with E-state index in [0.717, 1.165) is 25.0 Å². The number of pyridine rings is 1. The number of anilines is 1. The summed E-state index contributed by atoms with van der Waals surface area (Å²) in [4.78, 5) is 36.0. The summed E-state index contributed by atoms with van der Waals surface area (Å²) >= 11 is 0. The number of hydrogen-bond donors (Lipinski definition) is 0. The van der Waals surface area contributed by atoms with Crippen molar-refractivity contribution in [2.75, 3.05) is 57.4 Å². The zero-order valence-corrected chi connectivity index (χ0v) is 19.5. The van der Waals surface area contributed by atoms with Crippen LogP contribution in [-0.2, 0) is 14.3 Å². The number of amides is 2. The van der Waals surface area contributed by atoms with Crippen LogP contribution in [0.1, 0.15) is 36.0 Å². The highest BCUT2D eigenvalue weighted by atomic mass is 19.2. The van der Waals surface area contributed by atoms with E-state index < -0.39 is 17.4 Å². The molecule has 3 aliphatic heterocycles. The van der Waals surface area contributed by atoms with Crippen LogP contribution >= 0.6 is 0 Å². The van der Waals surface area contributed by atoms with Gasteiger partial charge in [0.1, 0.15) is 0 Å². The van der Waals surface area contributed by atoms with Crippen LogP contribution in [0.15, 0.2) is 18.3 Å². The fourth-order valence-corrected chi connectivity index (χ4v) is 5.42. The largest absolute Gasteiger partial charge is 0.370 e. The smallest absolute Gasteiger partial charge is 0.257 e. The Morgan fingerprint density at radius 3 is 2.20 bits per heavy atom. The maximum absolute atomic E-state index is 14.3. The molecule has 2 amide bonds. The lowest BCUT2D eigenvalue weighted by atomic mass is 9.99. The van der Waals surface area contributed by atoms with Gasteiger partial charge in [0.2, 0.25) is 5.91 Å². The van der Waals surface area contributed by atoms with Crippen molar-refractivity contribution in [3.05, 3.63) is 35.5 Å². The molecular formula is C25H28F2N4O4. The predicted octanol–water partition coefficient (Wildman–Crippen LogP) is 2.55. The third kappa shape index (κ3) is 4.12. The number of carbonyl (C=O) groups excluding carboxylic acids is 2. The second-order valence-electron chi connectivity index (χ2n) is 9.79. The Morgan fingerprint density at radius 1 is 0.914 bits per heavy atom. The quantitative estimate of drug-likeness (QED) is 0.664. The van der Waals surface area contributed by atoms with Crippen molar-refractivity contribution in [3.63, 3.8) is 0 Å². The maximum atomic E-state index is 14.3. The monoisotopic (exact) mass is 486 g/mol. The first-order chi connectivity index (χ1) is 16.9. The molecule has 8 nitrogen and oxygen atoms in total. The van der Waals surface area contributed by atoms with Crippen molar-refractivity contribution in [2.45, 2.75) is 31.5 Å². The Kier molecular flexibility index (Phi) is 5.60. The lowest BCUT2D eigenvalue weighted by molar-refractivity contribution is -0.169. The van der Waals surface area contributed by atoms with Gasteiger partial charge in [0.25, 0.3) is 5.91 Å². The van der Waals surface area contributed by atoms with E-state index in [1.807, 2.05) is 9.80 Å². The molecule has 10 heteroatoms. The maximum Gasteiger partial charge on any atom is 0.257 e. The average molecular weight is 487 g/mol. The molecule has 1 spiro atoms. The van der Waals surface area contributed by atoms with Crippen LogP contribution in [0.3, 0.4) is 0 Å². The number of hydrogen-bond acceptors (Lipinski definition) is 6. The van der Waals surface area contributed by atoms with Crippen molar-refractivity contribution < 1.29 is 27.8 Å². The Labute approximate surface area is 201 Å². The van der Waals surface area contributed by atoms with E-state index in [1.54, 1.807) is 4.90 Å². The number of fused-ring (bicyclic) bond motifs is 1. The summed E-state index contributed by atoms with van der Waals surface area (Å²) in [7, 11) is 0. The van der Waals surface area contributed by atoms with Crippen LogP contribution in [0.25, 0.3) is 10.9 Å². The molecule has 4 heterocycles. The minimum absolute atomic E-state index is 0.152. The number of carbonyl (C=O) groups is 2. The Morgan fingerprint density at radius 2 is 1.54 bits per heavy atom. The lowest BCUT2D eigenvalue weighted by Gasteiger charge is -2.40. The van der Waals surface area contributed by atoms with Crippen LogP contribution < -0.4 is 4.90 Å². The number of halogens is 2. The number of aromatic nitrogens is 1. The summed E-state index contributed by atoms with van der Waals surface area (Å²) in [5.41, 5.74) is 1.21. The molecule has 0 N–H and O–H groups in total. The van der Waals surface area contributed by atoms with Gasteiger partial charge in [-0.1, -0.05) is 0 Å². The van der Waals surface area contributed by atoms with Crippen LogP contribution in [0.5, 0.6) is 0 Å². The van der Waals surface area contributed by atoms with E-state index >= 15 is 0 Å². The van der Waals surface area contributed by atoms with Gasteiger partial charge >= 0.3 is 0 Å². The third-order valence-electron chi connectivity index (χ3n) is 7.57. The Balaban J connectivity index is 1.30. The van der Waals surface area contributed by atoms with Gasteiger partial charge in [-0.25, -0.2) is 8.78 Å². The minimum Gasteiger partial charge on any atom is -0.370 e. The van der Waals surface area contributed by atoms with Gasteiger partial charge in [-0.15, -0.1) is 0 Å². The second-order valence-corrected chi connectivity index (χ2v) is 9.79. The lowest BCUT2D eigenvalue weighted by Crippen LogP contribution is -2.51. The molecule has 2 aromatic rings. The fraction of sp³-hybridized carbons (Fsp3) is 0.560. The zero-order chi connectivity index (χ0) is 24.2. The first kappa shape index (κ1) is 22.6. The Hall–Kier alpha value is -2.85. The molecule has 0 bridgehead atoms. The summed E-state index contributed by atoms with van der Waals surface area (Å²) in [5.74, 6) is -2.44. The highest BCUT2D eigenvalue weighted by Crippen LogP contribution is 2.38. The van der Waals surface area contributed by atoms with E-state index in [2.05, 4.69) is 4.98 Å². The van der Waals surface area contributed by atoms with Crippen molar-refractivity contribution in [1.82, 2.24) is 14.8 Å². The van der Waals surface area contributed by atoms with Gasteiger partial charge < -0.3 is 24.2 Å². The van der Waals surface area contributed by atoms with Crippen LogP contribution in [0.4, 0.5) is 14.5 Å². The number of benzene rings is 1. The van der Waals surface area contributed by atoms with Crippen LogP contribution in [0.2, 0.25) is 0 Å². The molecule has 35 heavy (non-hydrogen) atoms. The normalized spacial score (nSPS) is 22.3. The standard InChI is InChI=1S/C25H28F2N4O4/c26-19-13-17-21(14-20(19)27)28-15-18(22(17)29-5-3-25(4-6-29)34-11-12-35-25)24(33)31-9-7-30(8-10-31)23(32)16-1-2-16/h13-16H,1-12H2. The van der Waals surface area contributed by atoms with Gasteiger partial charge in [0, 0.05) is 75.7 Å². The van der Waals surface area contributed by atoms with Crippen molar-refractivity contribution in [3.8, 4) is 0 Å². The number of piperazine rings is 1. The van der Waals surface area contributed by atoms with Crippen LogP contribution in [-0.4, -0.2) is 84.9 Å². The van der Waals surface area contributed by atoms with Gasteiger partial charge in [-0.2, -0.15) is 0 Å². The highest BCUT2D eigenvalue weighted by Gasteiger charge is 2.41. The van der Waals surface area contributed by atoms with E-state index in [1.165, 1.54) is 6.20 Å². The summed E-state index contributed by atoms with van der Waals surface area (Å²) < 4.78 is 40.0. The molecule has 1 aromatic carbocycles. The fourth-order valence-electron chi connectivity index (χ4n) is 5.42. The highest BCUT2D eigenvalue weighted by molar-refractivity contribution is 6.07. The topological polar surface area (TPSA) is 75.2 Å². The molecule has 1 saturated carbocycles. The first-order valence-corrected chi connectivity index (χ1v) is 12.3. The molecule has 4 aliphatic rings. The predicted molar refractivity (Wildman–Crippen MR) is 123 cm³/mol. The van der Waals surface area contributed by atoms with Crippen molar-refractivity contribution in [1.29, 1.82) is 0 Å². The SMILES string of the molecule is O=C(c1cnc2cc(F)c(F)cc2c1N1CCC2(CC1)OCCO2)N1CCN(C(=O)C2CC2)CC1. The third-order valence-corrected chi connectivity index (χ3v) is 7.57. The van der Waals surface area contributed by atoms with Crippen LogP contribution in [0, 0.1) is 17.6 Å². The summed E-state index contributed by atoms with van der Waals surface area (Å²) in [6, 6.07) is 2.20. The molecule has 1 aliphatic carbocycles. The molecule has 0 radical (unpaired) electrons. The minimum atomic E-state index is -0.978. The summed E-state index contributed by atoms with van der Waals surface area (Å²) in [6.07, 6.45) is 4.58. The Bertz CT molecular complexity index is 1160. The first-order valence-electron chi connectivity index (χ1n) is 12.3. The number of nitrogens with zero attached hydrogens (tertiary/aromatic N) is 4. The van der Waals surface area contributed by atoms with Gasteiger partial charge in [0.15, 0.2) is 17.4 Å². The number of piperidine rings is 1. The van der Waals surface area contributed by atoms with Gasteiger partial charge in [-0.3, -0.25) is 14.6 Å². The van der Waals surface area contributed by atoms with E-state index in [-0.39, 0.29) is 17.7 Å². The van der Waals surface area contributed by atoms with E-state index in [9.17, 15) is 18.4 Å².